The van der Waals surface area contributed by atoms with Gasteiger partial charge < -0.3 is 24.6 Å². The van der Waals surface area contributed by atoms with E-state index < -0.39 is 0 Å². The average molecular weight is 392 g/mol. The van der Waals surface area contributed by atoms with Crippen molar-refractivity contribution in [3.63, 3.8) is 0 Å². The Morgan fingerprint density at radius 1 is 1.25 bits per heavy atom. The lowest BCUT2D eigenvalue weighted by molar-refractivity contribution is -0.145. The van der Waals surface area contributed by atoms with Crippen molar-refractivity contribution in [1.82, 2.24) is 10.3 Å². The van der Waals surface area contributed by atoms with Crippen LogP contribution < -0.4 is 10.1 Å². The minimum absolute atomic E-state index is 0.0748. The standard InChI is InChI=1S/C21H32N2O5/c1-2-27-20(25)14-28-21-17(4-3-10-23-21)16-7-5-15(6-8-16)12-26-13-18-19(24)9-11-22-18/h3-4,10,15-16,18-19,22,24H,2,5-9,11-14H2,1H3/t15?,16?,18-,19+/m0/s1. The molecule has 2 N–H and O–H groups in total. The molecule has 7 nitrogen and oxygen atoms in total. The zero-order valence-electron chi connectivity index (χ0n) is 16.6. The maximum atomic E-state index is 11.6. The third-order valence-electron chi connectivity index (χ3n) is 5.68. The van der Waals surface area contributed by atoms with Crippen LogP contribution in [0, 0.1) is 5.92 Å². The molecule has 1 saturated carbocycles. The summed E-state index contributed by atoms with van der Waals surface area (Å²) in [7, 11) is 0. The van der Waals surface area contributed by atoms with E-state index in [1.54, 1.807) is 13.1 Å². The number of carbonyl (C=O) groups excluding carboxylic acids is 1. The summed E-state index contributed by atoms with van der Waals surface area (Å²) >= 11 is 0. The van der Waals surface area contributed by atoms with Crippen molar-refractivity contribution in [3.05, 3.63) is 23.9 Å². The van der Waals surface area contributed by atoms with Gasteiger partial charge in [-0.15, -0.1) is 0 Å². The van der Waals surface area contributed by atoms with Crippen molar-refractivity contribution in [2.45, 2.75) is 57.1 Å². The summed E-state index contributed by atoms with van der Waals surface area (Å²) in [5.41, 5.74) is 1.07. The molecule has 1 saturated heterocycles. The predicted octanol–water partition coefficient (Wildman–Crippen LogP) is 2.04. The number of rotatable bonds is 9. The molecule has 2 fully saturated rings. The Hall–Kier alpha value is -1.70. The van der Waals surface area contributed by atoms with Crippen LogP contribution in [0.5, 0.6) is 5.88 Å². The number of nitrogens with one attached hydrogen (secondary N) is 1. The summed E-state index contributed by atoms with van der Waals surface area (Å²) in [5.74, 6) is 1.11. The number of ether oxygens (including phenoxy) is 3. The van der Waals surface area contributed by atoms with Gasteiger partial charge in [-0.25, -0.2) is 9.78 Å². The molecule has 156 valence electrons. The van der Waals surface area contributed by atoms with E-state index in [-0.39, 0.29) is 24.7 Å². The van der Waals surface area contributed by atoms with Crippen molar-refractivity contribution < 1.29 is 24.1 Å². The monoisotopic (exact) mass is 392 g/mol. The minimum Gasteiger partial charge on any atom is -0.465 e. The van der Waals surface area contributed by atoms with Crippen LogP contribution in [-0.2, 0) is 14.3 Å². The minimum atomic E-state index is -0.373. The molecule has 0 radical (unpaired) electrons. The van der Waals surface area contributed by atoms with E-state index in [9.17, 15) is 9.90 Å². The smallest absolute Gasteiger partial charge is 0.344 e. The number of esters is 1. The summed E-state index contributed by atoms with van der Waals surface area (Å²) in [6.45, 7) is 4.21. The van der Waals surface area contributed by atoms with Crippen LogP contribution in [-0.4, -0.2) is 61.2 Å². The number of pyridine rings is 1. The SMILES string of the molecule is CCOC(=O)COc1ncccc1C1CCC(COC[C@@H]2NCC[C@H]2O)CC1. The van der Waals surface area contributed by atoms with Crippen molar-refractivity contribution in [1.29, 1.82) is 0 Å². The van der Waals surface area contributed by atoms with Gasteiger partial charge in [0.05, 0.1) is 25.4 Å². The first-order valence-corrected chi connectivity index (χ1v) is 10.4. The molecule has 0 unspecified atom stereocenters. The third-order valence-corrected chi connectivity index (χ3v) is 5.68. The second-order valence-electron chi connectivity index (χ2n) is 7.66. The highest BCUT2D eigenvalue weighted by Crippen LogP contribution is 2.38. The average Bonchev–Trinajstić information content (AvgIpc) is 3.12. The maximum absolute atomic E-state index is 11.6. The molecule has 2 heterocycles. The maximum Gasteiger partial charge on any atom is 0.344 e. The molecular formula is C21H32N2O5. The molecule has 0 bridgehead atoms. The first kappa shape index (κ1) is 21.0. The molecule has 28 heavy (non-hydrogen) atoms. The van der Waals surface area contributed by atoms with Crippen LogP contribution in [0.25, 0.3) is 0 Å². The van der Waals surface area contributed by atoms with Gasteiger partial charge in [0, 0.05) is 18.4 Å². The van der Waals surface area contributed by atoms with Crippen molar-refractivity contribution in [3.8, 4) is 5.88 Å². The number of aromatic nitrogens is 1. The normalized spacial score (nSPS) is 27.5. The zero-order chi connectivity index (χ0) is 19.8. The number of nitrogens with zero attached hydrogens (tertiary/aromatic N) is 1. The molecule has 1 aliphatic carbocycles. The summed E-state index contributed by atoms with van der Waals surface area (Å²) in [6.07, 6.45) is 6.52. The quantitative estimate of drug-likeness (QED) is 0.622. The summed E-state index contributed by atoms with van der Waals surface area (Å²) in [6, 6.07) is 4.04. The van der Waals surface area contributed by atoms with Gasteiger partial charge in [-0.1, -0.05) is 6.07 Å². The summed E-state index contributed by atoms with van der Waals surface area (Å²) in [4.78, 5) is 15.9. The van der Waals surface area contributed by atoms with Crippen LogP contribution in [0.2, 0.25) is 0 Å². The molecular weight excluding hydrogens is 360 g/mol. The van der Waals surface area contributed by atoms with Crippen LogP contribution in [0.15, 0.2) is 18.3 Å². The van der Waals surface area contributed by atoms with Gasteiger partial charge in [0.1, 0.15) is 0 Å². The van der Waals surface area contributed by atoms with Gasteiger partial charge in [0.2, 0.25) is 5.88 Å². The fourth-order valence-electron chi connectivity index (χ4n) is 4.09. The Balaban J connectivity index is 1.43. The van der Waals surface area contributed by atoms with Crippen LogP contribution >= 0.6 is 0 Å². The zero-order valence-corrected chi connectivity index (χ0v) is 16.6. The summed E-state index contributed by atoms with van der Waals surface area (Å²) in [5, 5.41) is 13.1. The van der Waals surface area contributed by atoms with Gasteiger partial charge in [-0.05, 0) is 63.5 Å². The van der Waals surface area contributed by atoms with E-state index >= 15 is 0 Å². The first-order chi connectivity index (χ1) is 13.7. The second-order valence-corrected chi connectivity index (χ2v) is 7.66. The fourth-order valence-corrected chi connectivity index (χ4v) is 4.09. The second kappa shape index (κ2) is 10.7. The Morgan fingerprint density at radius 2 is 2.07 bits per heavy atom. The largest absolute Gasteiger partial charge is 0.465 e. The molecule has 7 heteroatoms. The molecule has 3 rings (SSSR count). The first-order valence-electron chi connectivity index (χ1n) is 10.4. The van der Waals surface area contributed by atoms with Crippen LogP contribution in [0.4, 0.5) is 0 Å². The van der Waals surface area contributed by atoms with Gasteiger partial charge in [-0.2, -0.15) is 0 Å². The number of hydrogen-bond acceptors (Lipinski definition) is 7. The van der Waals surface area contributed by atoms with Crippen molar-refractivity contribution in [2.75, 3.05) is 33.0 Å². The van der Waals surface area contributed by atoms with Gasteiger partial charge in [0.25, 0.3) is 0 Å². The number of aliphatic hydroxyl groups excluding tert-OH is 1. The topological polar surface area (TPSA) is 89.9 Å². The predicted molar refractivity (Wildman–Crippen MR) is 104 cm³/mol. The lowest BCUT2D eigenvalue weighted by atomic mass is 9.79. The van der Waals surface area contributed by atoms with Crippen LogP contribution in [0.1, 0.15) is 50.5 Å². The van der Waals surface area contributed by atoms with E-state index in [0.29, 0.717) is 30.9 Å². The van der Waals surface area contributed by atoms with E-state index in [1.807, 2.05) is 12.1 Å². The van der Waals surface area contributed by atoms with E-state index in [0.717, 1.165) is 50.8 Å². The van der Waals surface area contributed by atoms with Gasteiger partial charge >= 0.3 is 5.97 Å². The molecule has 1 aromatic heterocycles. The molecule has 1 aliphatic heterocycles. The Bertz CT molecular complexity index is 619. The highest BCUT2D eigenvalue weighted by atomic mass is 16.6. The van der Waals surface area contributed by atoms with Gasteiger partial charge in [-0.3, -0.25) is 0 Å². The van der Waals surface area contributed by atoms with Crippen molar-refractivity contribution >= 4 is 5.97 Å². The number of aliphatic hydroxyl groups is 1. The highest BCUT2D eigenvalue weighted by molar-refractivity contribution is 5.71. The Kier molecular flexibility index (Phi) is 8.06. The van der Waals surface area contributed by atoms with E-state index in [1.165, 1.54) is 0 Å². The van der Waals surface area contributed by atoms with Crippen molar-refractivity contribution in [2.24, 2.45) is 5.92 Å². The molecule has 2 aliphatic rings. The third kappa shape index (κ3) is 5.90. The Labute approximate surface area is 166 Å². The molecule has 0 spiro atoms. The van der Waals surface area contributed by atoms with E-state index in [4.69, 9.17) is 14.2 Å². The molecule has 1 aromatic rings. The Morgan fingerprint density at radius 3 is 2.79 bits per heavy atom. The lowest BCUT2D eigenvalue weighted by Gasteiger charge is -2.29. The summed E-state index contributed by atoms with van der Waals surface area (Å²) < 4.78 is 16.4. The number of carbonyl (C=O) groups is 1. The molecule has 2 atom stereocenters. The fraction of sp³-hybridized carbons (Fsp3) is 0.714. The van der Waals surface area contributed by atoms with Crippen LogP contribution in [0.3, 0.4) is 0 Å². The highest BCUT2D eigenvalue weighted by Gasteiger charge is 2.27. The number of hydrogen-bond donors (Lipinski definition) is 2. The van der Waals surface area contributed by atoms with E-state index in [2.05, 4.69) is 10.3 Å². The molecule has 0 amide bonds. The molecule has 0 aromatic carbocycles. The van der Waals surface area contributed by atoms with Gasteiger partial charge in [0.15, 0.2) is 6.61 Å². The lowest BCUT2D eigenvalue weighted by Crippen LogP contribution is -2.35.